The second-order valence-electron chi connectivity index (χ2n) is 4.24. The van der Waals surface area contributed by atoms with Gasteiger partial charge in [0.15, 0.2) is 0 Å². The van der Waals surface area contributed by atoms with Crippen molar-refractivity contribution in [3.05, 3.63) is 33.0 Å². The Balaban J connectivity index is 2.37. The molecule has 7 heteroatoms. The van der Waals surface area contributed by atoms with Crippen LogP contribution in [0.25, 0.3) is 0 Å². The third kappa shape index (κ3) is 2.74. The van der Waals surface area contributed by atoms with Crippen LogP contribution in [0, 0.1) is 5.82 Å². The van der Waals surface area contributed by atoms with E-state index < -0.39 is 23.7 Å². The highest BCUT2D eigenvalue weighted by Gasteiger charge is 2.35. The molecule has 0 unspecified atom stereocenters. The van der Waals surface area contributed by atoms with Gasteiger partial charge in [0.1, 0.15) is 11.9 Å². The predicted octanol–water partition coefficient (Wildman–Crippen LogP) is 2.93. The Bertz CT molecular complexity index is 552. The Hall–Kier alpha value is -1.14. The summed E-state index contributed by atoms with van der Waals surface area (Å²) in [6, 6.07) is 1.65. The van der Waals surface area contributed by atoms with Crippen molar-refractivity contribution in [1.29, 1.82) is 0 Å². The zero-order chi connectivity index (χ0) is 14.2. The van der Waals surface area contributed by atoms with Crippen molar-refractivity contribution in [3.8, 4) is 0 Å². The number of hydrogen-bond donors (Lipinski definition) is 1. The SMILES string of the molecule is O=C(O)[C@@H]1CCCN1C(=O)c1cc(Cl)cc(Br)c1F. The fourth-order valence-corrected chi connectivity index (χ4v) is 2.94. The summed E-state index contributed by atoms with van der Waals surface area (Å²) < 4.78 is 14.0. The average molecular weight is 351 g/mol. The molecular formula is C12H10BrClFNO3. The summed E-state index contributed by atoms with van der Waals surface area (Å²) >= 11 is 8.76. The largest absolute Gasteiger partial charge is 0.480 e. The normalized spacial score (nSPS) is 18.7. The minimum absolute atomic E-state index is 0.0782. The van der Waals surface area contributed by atoms with E-state index >= 15 is 0 Å². The second-order valence-corrected chi connectivity index (χ2v) is 5.53. The third-order valence-electron chi connectivity index (χ3n) is 3.02. The molecule has 1 aromatic carbocycles. The van der Waals surface area contributed by atoms with Crippen LogP contribution >= 0.6 is 27.5 Å². The third-order valence-corrected chi connectivity index (χ3v) is 3.82. The van der Waals surface area contributed by atoms with Crippen molar-refractivity contribution in [2.45, 2.75) is 18.9 Å². The van der Waals surface area contributed by atoms with Gasteiger partial charge in [-0.2, -0.15) is 0 Å². The summed E-state index contributed by atoms with van der Waals surface area (Å²) in [5.74, 6) is -2.46. The first-order valence-corrected chi connectivity index (χ1v) is 6.77. The lowest BCUT2D eigenvalue weighted by molar-refractivity contribution is -0.141. The highest BCUT2D eigenvalue weighted by molar-refractivity contribution is 9.10. The van der Waals surface area contributed by atoms with E-state index in [0.717, 1.165) is 0 Å². The highest BCUT2D eigenvalue weighted by atomic mass is 79.9. The zero-order valence-corrected chi connectivity index (χ0v) is 12.0. The van der Waals surface area contributed by atoms with Gasteiger partial charge in [-0.3, -0.25) is 4.79 Å². The molecule has 1 aliphatic heterocycles. The minimum Gasteiger partial charge on any atom is -0.480 e. The molecule has 0 bridgehead atoms. The first kappa shape index (κ1) is 14.3. The van der Waals surface area contributed by atoms with Crippen LogP contribution in [0.5, 0.6) is 0 Å². The molecule has 0 aliphatic carbocycles. The molecule has 1 fully saturated rings. The molecule has 4 nitrogen and oxygen atoms in total. The van der Waals surface area contributed by atoms with Crippen molar-refractivity contribution in [2.75, 3.05) is 6.54 Å². The number of carboxylic acid groups (broad SMARTS) is 1. The van der Waals surface area contributed by atoms with Crippen LogP contribution in [0.4, 0.5) is 4.39 Å². The van der Waals surface area contributed by atoms with E-state index in [1.165, 1.54) is 17.0 Å². The van der Waals surface area contributed by atoms with Crippen LogP contribution in [0.3, 0.4) is 0 Å². The Morgan fingerprint density at radius 1 is 1.47 bits per heavy atom. The Morgan fingerprint density at radius 3 is 2.79 bits per heavy atom. The van der Waals surface area contributed by atoms with Gasteiger partial charge in [-0.15, -0.1) is 0 Å². The molecule has 1 atom stereocenters. The van der Waals surface area contributed by atoms with E-state index in [1.54, 1.807) is 0 Å². The number of hydrogen-bond acceptors (Lipinski definition) is 2. The molecule has 1 heterocycles. The van der Waals surface area contributed by atoms with E-state index in [2.05, 4.69) is 15.9 Å². The molecule has 1 N–H and O–H groups in total. The quantitative estimate of drug-likeness (QED) is 0.834. The topological polar surface area (TPSA) is 57.6 Å². The molecule has 0 spiro atoms. The maximum Gasteiger partial charge on any atom is 0.326 e. The van der Waals surface area contributed by atoms with Crippen LogP contribution in [0.2, 0.25) is 5.02 Å². The number of aliphatic carboxylic acids is 1. The van der Waals surface area contributed by atoms with E-state index in [1.807, 2.05) is 0 Å². The van der Waals surface area contributed by atoms with Gasteiger partial charge in [0.05, 0.1) is 10.0 Å². The summed E-state index contributed by atoms with van der Waals surface area (Å²) in [6.45, 7) is 0.305. The van der Waals surface area contributed by atoms with Crippen LogP contribution in [0.1, 0.15) is 23.2 Å². The molecule has 1 aliphatic rings. The molecular weight excluding hydrogens is 340 g/mol. The smallest absolute Gasteiger partial charge is 0.326 e. The zero-order valence-electron chi connectivity index (χ0n) is 9.70. The Morgan fingerprint density at radius 2 is 2.16 bits per heavy atom. The molecule has 0 saturated carbocycles. The van der Waals surface area contributed by atoms with Gasteiger partial charge in [-0.25, -0.2) is 9.18 Å². The van der Waals surface area contributed by atoms with Gasteiger partial charge in [0.2, 0.25) is 0 Å². The molecule has 19 heavy (non-hydrogen) atoms. The maximum absolute atomic E-state index is 13.9. The standard InChI is InChI=1S/C12H10BrClFNO3/c13-8-5-6(14)4-7(10(8)15)11(17)16-3-1-2-9(16)12(18)19/h4-5,9H,1-3H2,(H,18,19)/t9-/m0/s1. The van der Waals surface area contributed by atoms with E-state index in [4.69, 9.17) is 16.7 Å². The van der Waals surface area contributed by atoms with Crippen molar-refractivity contribution in [1.82, 2.24) is 4.90 Å². The maximum atomic E-state index is 13.9. The van der Waals surface area contributed by atoms with Crippen molar-refractivity contribution >= 4 is 39.4 Å². The summed E-state index contributed by atoms with van der Waals surface area (Å²) in [4.78, 5) is 24.4. The van der Waals surface area contributed by atoms with Gasteiger partial charge in [0, 0.05) is 11.6 Å². The predicted molar refractivity (Wildman–Crippen MR) is 70.8 cm³/mol. The number of likely N-dealkylation sites (tertiary alicyclic amines) is 1. The van der Waals surface area contributed by atoms with E-state index in [-0.39, 0.29) is 15.1 Å². The monoisotopic (exact) mass is 349 g/mol. The molecule has 0 radical (unpaired) electrons. The number of carbonyl (C=O) groups excluding carboxylic acids is 1. The van der Waals surface area contributed by atoms with Gasteiger partial charge in [-0.1, -0.05) is 11.6 Å². The number of rotatable bonds is 2. The molecule has 1 saturated heterocycles. The van der Waals surface area contributed by atoms with Gasteiger partial charge >= 0.3 is 5.97 Å². The summed E-state index contributed by atoms with van der Waals surface area (Å²) in [5.41, 5.74) is -0.215. The number of amides is 1. The molecule has 102 valence electrons. The minimum atomic E-state index is -1.08. The summed E-state index contributed by atoms with van der Waals surface area (Å²) in [6.07, 6.45) is 0.969. The highest BCUT2D eigenvalue weighted by Crippen LogP contribution is 2.27. The van der Waals surface area contributed by atoms with Crippen molar-refractivity contribution < 1.29 is 19.1 Å². The van der Waals surface area contributed by atoms with Crippen LogP contribution in [-0.2, 0) is 4.79 Å². The summed E-state index contributed by atoms with van der Waals surface area (Å²) in [7, 11) is 0. The lowest BCUT2D eigenvalue weighted by Gasteiger charge is -2.22. The van der Waals surface area contributed by atoms with Crippen LogP contribution in [0.15, 0.2) is 16.6 Å². The lowest BCUT2D eigenvalue weighted by atomic mass is 10.1. The number of benzene rings is 1. The van der Waals surface area contributed by atoms with E-state index in [0.29, 0.717) is 19.4 Å². The fourth-order valence-electron chi connectivity index (χ4n) is 2.13. The van der Waals surface area contributed by atoms with Crippen LogP contribution < -0.4 is 0 Å². The molecule has 0 aromatic heterocycles. The molecule has 2 rings (SSSR count). The molecule has 1 amide bonds. The molecule has 1 aromatic rings. The van der Waals surface area contributed by atoms with Crippen molar-refractivity contribution in [2.24, 2.45) is 0 Å². The first-order valence-electron chi connectivity index (χ1n) is 5.60. The Kier molecular flexibility index (Phi) is 4.10. The van der Waals surface area contributed by atoms with Crippen molar-refractivity contribution in [3.63, 3.8) is 0 Å². The average Bonchev–Trinajstić information content (AvgIpc) is 2.82. The lowest BCUT2D eigenvalue weighted by Crippen LogP contribution is -2.40. The van der Waals surface area contributed by atoms with Gasteiger partial charge in [-0.05, 0) is 40.9 Å². The summed E-state index contributed by atoms with van der Waals surface area (Å²) in [5, 5.41) is 9.25. The number of halogens is 3. The second kappa shape index (κ2) is 5.46. The number of nitrogens with zero attached hydrogens (tertiary/aromatic N) is 1. The van der Waals surface area contributed by atoms with Gasteiger partial charge < -0.3 is 10.0 Å². The Labute approximate surface area is 122 Å². The number of carbonyl (C=O) groups is 2. The fraction of sp³-hybridized carbons (Fsp3) is 0.333. The van der Waals surface area contributed by atoms with Gasteiger partial charge in [0.25, 0.3) is 5.91 Å². The van der Waals surface area contributed by atoms with Crippen LogP contribution in [-0.4, -0.2) is 34.5 Å². The first-order chi connectivity index (χ1) is 8.91. The van der Waals surface area contributed by atoms with E-state index in [9.17, 15) is 14.0 Å². The number of carboxylic acids is 1.